The smallest absolute Gasteiger partial charge is 0.0465 e. The lowest BCUT2D eigenvalue weighted by atomic mass is 9.84. The van der Waals surface area contributed by atoms with Gasteiger partial charge in [-0.25, -0.2) is 0 Å². The summed E-state index contributed by atoms with van der Waals surface area (Å²) in [5.74, 6) is 0.768. The molecule has 0 saturated carbocycles. The Morgan fingerprint density at radius 1 is 0.458 bits per heavy atom. The fourth-order valence-corrected chi connectivity index (χ4v) is 8.37. The molecule has 2 aliphatic carbocycles. The van der Waals surface area contributed by atoms with Gasteiger partial charge in [0.05, 0.1) is 0 Å². The Balaban J connectivity index is 1.12. The van der Waals surface area contributed by atoms with E-state index in [9.17, 15) is 0 Å². The molecule has 48 heavy (non-hydrogen) atoms. The predicted molar refractivity (Wildman–Crippen MR) is 204 cm³/mol. The van der Waals surface area contributed by atoms with Crippen molar-refractivity contribution in [2.45, 2.75) is 12.3 Å². The van der Waals surface area contributed by atoms with Crippen molar-refractivity contribution < 1.29 is 0 Å². The van der Waals surface area contributed by atoms with Crippen LogP contribution < -0.4 is 4.90 Å². The van der Waals surface area contributed by atoms with Gasteiger partial charge >= 0.3 is 0 Å². The van der Waals surface area contributed by atoms with E-state index in [1.165, 1.54) is 82.4 Å². The van der Waals surface area contributed by atoms with Crippen LogP contribution in [0, 0.1) is 5.92 Å². The number of allylic oxidation sites excluding steroid dienone is 4. The summed E-state index contributed by atoms with van der Waals surface area (Å²) in [6.45, 7) is 0. The maximum absolute atomic E-state index is 2.51. The lowest BCUT2D eigenvalue weighted by Gasteiger charge is -2.35. The van der Waals surface area contributed by atoms with Crippen LogP contribution in [-0.4, -0.2) is 0 Å². The average molecular weight is 612 g/mol. The average Bonchev–Trinajstić information content (AvgIpc) is 3.54. The molecule has 10 rings (SSSR count). The molecule has 0 bridgehead atoms. The van der Waals surface area contributed by atoms with Gasteiger partial charge in [0.25, 0.3) is 0 Å². The highest BCUT2D eigenvalue weighted by Crippen LogP contribution is 2.49. The number of nitrogens with zero attached hydrogens (tertiary/aromatic N) is 1. The lowest BCUT2D eigenvalue weighted by Crippen LogP contribution is -2.25. The summed E-state index contributed by atoms with van der Waals surface area (Å²) in [5.41, 5.74) is 9.08. The Bertz CT molecular complexity index is 2600. The van der Waals surface area contributed by atoms with Crippen molar-refractivity contribution in [2.75, 3.05) is 4.90 Å². The van der Waals surface area contributed by atoms with E-state index in [4.69, 9.17) is 0 Å². The topological polar surface area (TPSA) is 3.24 Å². The van der Waals surface area contributed by atoms with Crippen molar-refractivity contribution in [1.82, 2.24) is 0 Å². The molecule has 0 N–H and O–H groups in total. The Hall–Kier alpha value is -5.92. The third kappa shape index (κ3) is 4.32. The second-order valence-electron chi connectivity index (χ2n) is 13.3. The first-order valence-electron chi connectivity index (χ1n) is 17.0. The largest absolute Gasteiger partial charge is 0.314 e. The number of hydrogen-bond acceptors (Lipinski definition) is 1. The molecule has 2 aliphatic rings. The molecule has 0 fully saturated rings. The van der Waals surface area contributed by atoms with E-state index in [1.807, 2.05) is 0 Å². The van der Waals surface area contributed by atoms with Crippen molar-refractivity contribution in [3.8, 4) is 11.1 Å². The fraction of sp³-hybridized carbons (Fsp3) is 0.0638. The molecule has 0 heterocycles. The van der Waals surface area contributed by atoms with Crippen molar-refractivity contribution in [1.29, 1.82) is 0 Å². The highest BCUT2D eigenvalue weighted by molar-refractivity contribution is 6.17. The maximum Gasteiger partial charge on any atom is 0.0465 e. The molecular formula is C47H33N. The predicted octanol–water partition coefficient (Wildman–Crippen LogP) is 12.5. The molecule has 2 unspecified atom stereocenters. The molecule has 2 atom stereocenters. The van der Waals surface area contributed by atoms with Gasteiger partial charge in [-0.05, 0) is 114 Å². The normalized spacial score (nSPS) is 16.7. The molecule has 1 heteroatoms. The summed E-state index contributed by atoms with van der Waals surface area (Å²) in [6, 6.07) is 58.4. The van der Waals surface area contributed by atoms with Crippen molar-refractivity contribution >= 4 is 54.5 Å². The Morgan fingerprint density at radius 2 is 1.10 bits per heavy atom. The van der Waals surface area contributed by atoms with E-state index in [0.717, 1.165) is 6.42 Å². The van der Waals surface area contributed by atoms with Crippen LogP contribution >= 0.6 is 0 Å². The van der Waals surface area contributed by atoms with Crippen molar-refractivity contribution in [2.24, 2.45) is 5.92 Å². The minimum atomic E-state index is 0.310. The zero-order valence-electron chi connectivity index (χ0n) is 26.6. The third-order valence-electron chi connectivity index (χ3n) is 10.7. The van der Waals surface area contributed by atoms with E-state index in [2.05, 4.69) is 181 Å². The van der Waals surface area contributed by atoms with Crippen LogP contribution in [0.5, 0.6) is 0 Å². The Morgan fingerprint density at radius 3 is 1.98 bits per heavy atom. The fourth-order valence-electron chi connectivity index (χ4n) is 8.37. The molecule has 226 valence electrons. The number of anilines is 2. The molecule has 0 aromatic heterocycles. The van der Waals surface area contributed by atoms with Gasteiger partial charge in [0.2, 0.25) is 0 Å². The first-order chi connectivity index (χ1) is 23.8. The molecule has 0 radical (unpaired) electrons. The first kappa shape index (κ1) is 27.2. The van der Waals surface area contributed by atoms with Crippen molar-refractivity contribution in [3.63, 3.8) is 0 Å². The van der Waals surface area contributed by atoms with Crippen LogP contribution in [0.3, 0.4) is 0 Å². The molecule has 1 nitrogen and oxygen atoms in total. The summed E-state index contributed by atoms with van der Waals surface area (Å²) in [4.78, 5) is 2.51. The Labute approximate surface area is 280 Å². The van der Waals surface area contributed by atoms with Gasteiger partial charge in [0.15, 0.2) is 0 Å². The van der Waals surface area contributed by atoms with Gasteiger partial charge in [-0.1, -0.05) is 140 Å². The maximum atomic E-state index is 2.51. The number of rotatable bonds is 4. The highest BCUT2D eigenvalue weighted by Gasteiger charge is 2.37. The van der Waals surface area contributed by atoms with Gasteiger partial charge in [0, 0.05) is 23.0 Å². The molecule has 8 aromatic rings. The van der Waals surface area contributed by atoms with Gasteiger partial charge < -0.3 is 4.90 Å². The van der Waals surface area contributed by atoms with Gasteiger partial charge in [-0.3, -0.25) is 0 Å². The van der Waals surface area contributed by atoms with Crippen LogP contribution in [0.4, 0.5) is 11.4 Å². The second kappa shape index (κ2) is 10.8. The van der Waals surface area contributed by atoms with E-state index in [0.29, 0.717) is 11.8 Å². The standard InChI is InChI=1S/C47H33N/c1-2-10-34-28-35(17-16-31(34)8-1)32-18-22-39(23-19-32)48(46-15-7-12-38-29-36-11-4-6-14-43(36)47(38)46)40-24-27-42-37(30-40)21-26-44-41-13-5-3-9-33(41)20-25-45(42)44/h1-28,30,38,47H,29H2. The summed E-state index contributed by atoms with van der Waals surface area (Å²) in [5, 5.41) is 10.3. The van der Waals surface area contributed by atoms with Crippen LogP contribution in [0.1, 0.15) is 17.0 Å². The van der Waals surface area contributed by atoms with E-state index in [1.54, 1.807) is 0 Å². The highest BCUT2D eigenvalue weighted by atomic mass is 15.2. The van der Waals surface area contributed by atoms with Crippen LogP contribution in [-0.2, 0) is 6.42 Å². The summed E-state index contributed by atoms with van der Waals surface area (Å²) in [6.07, 6.45) is 8.11. The zero-order valence-corrected chi connectivity index (χ0v) is 26.6. The number of fused-ring (bicyclic) bond motifs is 9. The summed E-state index contributed by atoms with van der Waals surface area (Å²) in [7, 11) is 0. The Kier molecular flexibility index (Phi) is 6.14. The SMILES string of the molecule is C1=CC2Cc3ccccc3C2C(N(c2ccc(-c3ccc4ccccc4c3)cc2)c2ccc3c(ccc4c5ccccc5ccc34)c2)=C1. The van der Waals surface area contributed by atoms with Gasteiger partial charge in [-0.15, -0.1) is 0 Å². The molecule has 0 spiro atoms. The third-order valence-corrected chi connectivity index (χ3v) is 10.7. The van der Waals surface area contributed by atoms with Crippen LogP contribution in [0.25, 0.3) is 54.2 Å². The molecule has 8 aromatic carbocycles. The second-order valence-corrected chi connectivity index (χ2v) is 13.3. The van der Waals surface area contributed by atoms with Crippen LogP contribution in [0.15, 0.2) is 182 Å². The molecule has 0 saturated heterocycles. The van der Waals surface area contributed by atoms with E-state index < -0.39 is 0 Å². The summed E-state index contributed by atoms with van der Waals surface area (Å²) < 4.78 is 0. The lowest BCUT2D eigenvalue weighted by molar-refractivity contribution is 0.596. The van der Waals surface area contributed by atoms with E-state index >= 15 is 0 Å². The monoisotopic (exact) mass is 611 g/mol. The van der Waals surface area contributed by atoms with Gasteiger partial charge in [-0.2, -0.15) is 0 Å². The van der Waals surface area contributed by atoms with E-state index in [-0.39, 0.29) is 0 Å². The molecular weight excluding hydrogens is 579 g/mol. The van der Waals surface area contributed by atoms with Gasteiger partial charge in [0.1, 0.15) is 0 Å². The minimum absolute atomic E-state index is 0.310. The summed E-state index contributed by atoms with van der Waals surface area (Å²) >= 11 is 0. The first-order valence-corrected chi connectivity index (χ1v) is 17.0. The van der Waals surface area contributed by atoms with Crippen molar-refractivity contribution in [3.05, 3.63) is 193 Å². The molecule has 0 aliphatic heterocycles. The number of benzene rings is 8. The quantitative estimate of drug-likeness (QED) is 0.179. The van der Waals surface area contributed by atoms with Crippen LogP contribution in [0.2, 0.25) is 0 Å². The number of hydrogen-bond donors (Lipinski definition) is 0. The molecule has 0 amide bonds. The minimum Gasteiger partial charge on any atom is -0.314 e. The zero-order chi connectivity index (χ0) is 31.6.